The second kappa shape index (κ2) is 45.8. The molecule has 0 heterocycles. The summed E-state index contributed by atoms with van der Waals surface area (Å²) in [5.74, 6) is -0.353. The summed E-state index contributed by atoms with van der Waals surface area (Å²) in [6.45, 7) is 4.67. The third-order valence-electron chi connectivity index (χ3n) is 9.30. The number of allylic oxidation sites excluding steroid dienone is 14. The first-order valence-electron chi connectivity index (χ1n) is 23.1. The molecule has 0 fully saturated rings. The van der Waals surface area contributed by atoms with Crippen molar-refractivity contribution in [1.29, 1.82) is 0 Å². The van der Waals surface area contributed by atoms with Crippen LogP contribution in [-0.4, -0.2) is 49.9 Å². The van der Waals surface area contributed by atoms with Gasteiger partial charge in [-0.1, -0.05) is 170 Å². The highest BCUT2D eigenvalue weighted by Crippen LogP contribution is 2.43. The summed E-state index contributed by atoms with van der Waals surface area (Å²) < 4.78 is 33.4. The van der Waals surface area contributed by atoms with Crippen molar-refractivity contribution < 1.29 is 32.8 Å². The van der Waals surface area contributed by atoms with E-state index < -0.39 is 13.9 Å². The average molecular weight is 832 g/mol. The van der Waals surface area contributed by atoms with Crippen molar-refractivity contribution in [2.45, 2.75) is 187 Å². The monoisotopic (exact) mass is 832 g/mol. The van der Waals surface area contributed by atoms with Gasteiger partial charge >= 0.3 is 13.8 Å². The Balaban J connectivity index is 4.10. The van der Waals surface area contributed by atoms with Gasteiger partial charge in [0.15, 0.2) is 0 Å². The van der Waals surface area contributed by atoms with Gasteiger partial charge in [0.25, 0.3) is 0 Å². The van der Waals surface area contributed by atoms with E-state index in [0.717, 1.165) is 77.0 Å². The second-order valence-corrected chi connectivity index (χ2v) is 16.3. The number of nitrogens with two attached hydrogens (primary N) is 1. The Kier molecular flexibility index (Phi) is 43.9. The summed E-state index contributed by atoms with van der Waals surface area (Å²) in [4.78, 5) is 22.5. The van der Waals surface area contributed by atoms with Gasteiger partial charge in [0.1, 0.15) is 6.10 Å². The molecule has 0 aliphatic heterocycles. The Hall–Kier alpha value is -2.32. The maximum atomic E-state index is 12.6. The molecule has 8 nitrogen and oxygen atoms in total. The summed E-state index contributed by atoms with van der Waals surface area (Å²) in [7, 11) is -4.30. The molecule has 0 aromatic rings. The van der Waals surface area contributed by atoms with Crippen molar-refractivity contribution in [2.24, 2.45) is 5.73 Å². The largest absolute Gasteiger partial charge is 0.472 e. The molecular weight excluding hydrogens is 746 g/mol. The Bertz CT molecular complexity index is 1160. The van der Waals surface area contributed by atoms with E-state index in [4.69, 9.17) is 24.3 Å². The summed E-state index contributed by atoms with van der Waals surface area (Å²) >= 11 is 0. The highest BCUT2D eigenvalue weighted by atomic mass is 31.2. The van der Waals surface area contributed by atoms with E-state index in [0.29, 0.717) is 13.0 Å². The predicted molar refractivity (Wildman–Crippen MR) is 247 cm³/mol. The molecule has 0 amide bonds. The van der Waals surface area contributed by atoms with Crippen LogP contribution >= 0.6 is 7.82 Å². The van der Waals surface area contributed by atoms with E-state index in [1.165, 1.54) is 83.5 Å². The number of carbonyl (C=O) groups is 1. The molecule has 0 saturated heterocycles. The molecule has 0 bridgehead atoms. The fourth-order valence-corrected chi connectivity index (χ4v) is 6.70. The SMILES string of the molecule is CC/C=C\C/C=C\C/C=C\C/C=C\C/C=C\CCCCOCC(COP(=O)(O)OCCN)OC(=O)CCCCCCCCCCC/C=C\C/C=C\CCCCCCC. The lowest BCUT2D eigenvalue weighted by molar-refractivity contribution is -0.154. The van der Waals surface area contributed by atoms with Crippen molar-refractivity contribution in [3.63, 3.8) is 0 Å². The minimum absolute atomic E-state index is 0.0806. The van der Waals surface area contributed by atoms with Crippen LogP contribution in [0.25, 0.3) is 0 Å². The zero-order chi connectivity index (χ0) is 42.3. The normalized spacial score (nSPS) is 14.2. The Morgan fingerprint density at radius 2 is 0.966 bits per heavy atom. The number of phosphoric acid groups is 1. The number of phosphoric ester groups is 1. The van der Waals surface area contributed by atoms with Crippen LogP contribution in [0, 0.1) is 0 Å². The van der Waals surface area contributed by atoms with Crippen LogP contribution in [0.5, 0.6) is 0 Å². The van der Waals surface area contributed by atoms with Crippen molar-refractivity contribution >= 4 is 13.8 Å². The third kappa shape index (κ3) is 44.8. The van der Waals surface area contributed by atoms with E-state index in [1.807, 2.05) is 0 Å². The highest BCUT2D eigenvalue weighted by Gasteiger charge is 2.25. The van der Waals surface area contributed by atoms with Gasteiger partial charge < -0.3 is 20.1 Å². The van der Waals surface area contributed by atoms with Gasteiger partial charge in [-0.05, 0) is 89.9 Å². The van der Waals surface area contributed by atoms with E-state index in [-0.39, 0.29) is 32.3 Å². The Morgan fingerprint density at radius 1 is 0.534 bits per heavy atom. The van der Waals surface area contributed by atoms with Crippen molar-refractivity contribution in [2.75, 3.05) is 33.0 Å². The van der Waals surface area contributed by atoms with Crippen LogP contribution in [0.2, 0.25) is 0 Å². The van der Waals surface area contributed by atoms with Crippen LogP contribution in [0.4, 0.5) is 0 Å². The molecule has 334 valence electrons. The fraction of sp³-hybridized carbons (Fsp3) is 0.694. The molecule has 3 N–H and O–H groups in total. The van der Waals surface area contributed by atoms with E-state index >= 15 is 0 Å². The lowest BCUT2D eigenvalue weighted by atomic mass is 10.1. The first kappa shape index (κ1) is 55.7. The van der Waals surface area contributed by atoms with Crippen molar-refractivity contribution in [3.05, 3.63) is 85.1 Å². The number of hydrogen-bond donors (Lipinski definition) is 2. The van der Waals surface area contributed by atoms with Crippen LogP contribution in [-0.2, 0) is 27.9 Å². The molecule has 0 radical (unpaired) electrons. The van der Waals surface area contributed by atoms with Crippen LogP contribution < -0.4 is 5.73 Å². The number of unbranched alkanes of at least 4 members (excludes halogenated alkanes) is 16. The molecule has 0 aromatic carbocycles. The van der Waals surface area contributed by atoms with E-state index in [1.54, 1.807) is 0 Å². The summed E-state index contributed by atoms with van der Waals surface area (Å²) in [6, 6.07) is 0. The summed E-state index contributed by atoms with van der Waals surface area (Å²) in [5, 5.41) is 0. The van der Waals surface area contributed by atoms with Crippen molar-refractivity contribution in [3.8, 4) is 0 Å². The molecule has 0 aromatic heterocycles. The molecule has 0 spiro atoms. The van der Waals surface area contributed by atoms with E-state index in [9.17, 15) is 14.3 Å². The molecule has 0 saturated carbocycles. The van der Waals surface area contributed by atoms with Crippen LogP contribution in [0.3, 0.4) is 0 Å². The first-order valence-corrected chi connectivity index (χ1v) is 24.6. The van der Waals surface area contributed by atoms with Gasteiger partial charge in [-0.2, -0.15) is 0 Å². The smallest absolute Gasteiger partial charge is 0.457 e. The highest BCUT2D eigenvalue weighted by molar-refractivity contribution is 7.47. The van der Waals surface area contributed by atoms with Gasteiger partial charge in [0.2, 0.25) is 0 Å². The Labute approximate surface area is 356 Å². The molecule has 0 aliphatic carbocycles. The minimum atomic E-state index is -4.30. The number of hydrogen-bond acceptors (Lipinski definition) is 7. The topological polar surface area (TPSA) is 117 Å². The minimum Gasteiger partial charge on any atom is -0.457 e. The molecule has 0 aliphatic rings. The quantitative estimate of drug-likeness (QED) is 0.0270. The Morgan fingerprint density at radius 3 is 1.45 bits per heavy atom. The maximum absolute atomic E-state index is 12.6. The van der Waals surface area contributed by atoms with Gasteiger partial charge in [0.05, 0.1) is 19.8 Å². The standard InChI is InChI=1S/C49H86NO7P/c1-3-5-7-9-11-13-15-17-19-21-23-24-25-26-28-30-32-34-36-38-40-42-49(51)57-48(47-56-58(52,53)55-45-43-50)46-54-44-41-39-37-35-33-31-29-27-22-20-18-16-14-12-10-8-6-4-2/h6,8,12,14-15,17-18,20-21,23,27,29,33,35,48H,3-5,7,9-11,13,16,19,22,24-26,28,30-32,34,36-47,50H2,1-2H3,(H,52,53)/b8-6-,14-12-,17-15-,20-18-,23-21-,29-27-,35-33-. The number of ether oxygens (including phenoxy) is 2. The molecule has 2 atom stereocenters. The van der Waals surface area contributed by atoms with E-state index in [2.05, 4.69) is 98.9 Å². The lowest BCUT2D eigenvalue weighted by Crippen LogP contribution is -2.28. The molecule has 0 rings (SSSR count). The molecule has 2 unspecified atom stereocenters. The van der Waals surface area contributed by atoms with Gasteiger partial charge in [-0.3, -0.25) is 13.8 Å². The summed E-state index contributed by atoms with van der Waals surface area (Å²) in [5.41, 5.74) is 5.37. The number of rotatable bonds is 43. The third-order valence-corrected chi connectivity index (χ3v) is 10.3. The molecular formula is C49H86NO7P. The van der Waals surface area contributed by atoms with Crippen LogP contribution in [0.1, 0.15) is 181 Å². The number of esters is 1. The van der Waals surface area contributed by atoms with Gasteiger partial charge in [-0.15, -0.1) is 0 Å². The zero-order valence-corrected chi connectivity index (χ0v) is 37.9. The lowest BCUT2D eigenvalue weighted by Gasteiger charge is -2.20. The predicted octanol–water partition coefficient (Wildman–Crippen LogP) is 14.1. The summed E-state index contributed by atoms with van der Waals surface area (Å²) in [6.07, 6.45) is 59.0. The average Bonchev–Trinajstić information content (AvgIpc) is 3.21. The molecule has 58 heavy (non-hydrogen) atoms. The molecule has 9 heteroatoms. The zero-order valence-electron chi connectivity index (χ0n) is 37.0. The maximum Gasteiger partial charge on any atom is 0.472 e. The van der Waals surface area contributed by atoms with Crippen LogP contribution in [0.15, 0.2) is 85.1 Å². The van der Waals surface area contributed by atoms with Gasteiger partial charge in [0, 0.05) is 19.6 Å². The van der Waals surface area contributed by atoms with Gasteiger partial charge in [-0.25, -0.2) is 4.57 Å². The fourth-order valence-electron chi connectivity index (χ4n) is 5.93. The second-order valence-electron chi connectivity index (χ2n) is 14.9. The first-order chi connectivity index (χ1) is 28.4. The number of carbonyl (C=O) groups excluding carboxylic acids is 1. The van der Waals surface area contributed by atoms with Crippen molar-refractivity contribution in [1.82, 2.24) is 0 Å².